The van der Waals surface area contributed by atoms with Crippen molar-refractivity contribution in [3.63, 3.8) is 0 Å². The summed E-state index contributed by atoms with van der Waals surface area (Å²) < 4.78 is 25.7. The summed E-state index contributed by atoms with van der Waals surface area (Å²) in [6.07, 6.45) is 0. The van der Waals surface area contributed by atoms with Gasteiger partial charge in [-0.05, 0) is 37.3 Å². The zero-order valence-electron chi connectivity index (χ0n) is 12.3. The minimum absolute atomic E-state index is 0.147. The molecule has 0 aliphatic carbocycles. The van der Waals surface area contributed by atoms with Crippen LogP contribution in [0.25, 0.3) is 11.3 Å². The van der Waals surface area contributed by atoms with Gasteiger partial charge < -0.3 is 0 Å². The van der Waals surface area contributed by atoms with Gasteiger partial charge in [0.2, 0.25) is 9.84 Å². The summed E-state index contributed by atoms with van der Waals surface area (Å²) in [4.78, 5) is 0.325. The van der Waals surface area contributed by atoms with Crippen molar-refractivity contribution in [2.75, 3.05) is 0 Å². The van der Waals surface area contributed by atoms with Crippen molar-refractivity contribution in [1.82, 2.24) is 10.2 Å². The molecular weight excluding hydrogens is 332 g/mol. The van der Waals surface area contributed by atoms with E-state index in [0.717, 1.165) is 5.56 Å². The molecule has 0 amide bonds. The smallest absolute Gasteiger partial charge is 0.208 e. The zero-order valence-corrected chi connectivity index (χ0v) is 13.8. The molecule has 0 saturated carbocycles. The first kappa shape index (κ1) is 15.6. The largest absolute Gasteiger partial charge is 0.218 e. The third-order valence-corrected chi connectivity index (χ3v) is 5.55. The molecule has 0 saturated heterocycles. The third kappa shape index (κ3) is 3.11. The standard InChI is InChI=1S/C17H13ClN2O2S/c1-12-17(23(21,22)15-9-7-14(18)8-10-15)11-16(20-19-12)13-5-3-2-4-6-13/h2-11H,1H3. The Morgan fingerprint density at radius 3 is 2.22 bits per heavy atom. The van der Waals surface area contributed by atoms with E-state index in [0.29, 0.717) is 16.4 Å². The quantitative estimate of drug-likeness (QED) is 0.722. The van der Waals surface area contributed by atoms with Crippen LogP contribution in [0.1, 0.15) is 5.69 Å². The predicted molar refractivity (Wildman–Crippen MR) is 89.1 cm³/mol. The molecule has 1 aromatic heterocycles. The van der Waals surface area contributed by atoms with Crippen LogP contribution in [-0.4, -0.2) is 18.6 Å². The lowest BCUT2D eigenvalue weighted by Crippen LogP contribution is -2.07. The van der Waals surface area contributed by atoms with Crippen LogP contribution in [0.5, 0.6) is 0 Å². The van der Waals surface area contributed by atoms with Gasteiger partial charge in [-0.3, -0.25) is 0 Å². The Kier molecular flexibility index (Phi) is 4.15. The molecule has 0 unspecified atom stereocenters. The fourth-order valence-electron chi connectivity index (χ4n) is 2.20. The Balaban J connectivity index is 2.14. The molecule has 4 nitrogen and oxygen atoms in total. The number of aromatic nitrogens is 2. The van der Waals surface area contributed by atoms with Gasteiger partial charge in [0.05, 0.1) is 21.2 Å². The van der Waals surface area contributed by atoms with Gasteiger partial charge in [-0.1, -0.05) is 41.9 Å². The molecule has 3 rings (SSSR count). The second-order valence-corrected chi connectivity index (χ2v) is 7.36. The van der Waals surface area contributed by atoms with Crippen molar-refractivity contribution < 1.29 is 8.42 Å². The lowest BCUT2D eigenvalue weighted by atomic mass is 10.1. The summed E-state index contributed by atoms with van der Waals surface area (Å²) in [5, 5.41) is 8.59. The fourth-order valence-corrected chi connectivity index (χ4v) is 3.77. The number of nitrogens with zero attached hydrogens (tertiary/aromatic N) is 2. The first-order valence-electron chi connectivity index (χ1n) is 6.89. The van der Waals surface area contributed by atoms with E-state index in [4.69, 9.17) is 11.6 Å². The monoisotopic (exact) mass is 344 g/mol. The number of benzene rings is 2. The van der Waals surface area contributed by atoms with E-state index in [1.165, 1.54) is 12.1 Å². The average molecular weight is 345 g/mol. The molecule has 0 atom stereocenters. The number of halogens is 1. The number of sulfone groups is 1. The first-order chi connectivity index (χ1) is 11.0. The first-order valence-corrected chi connectivity index (χ1v) is 8.75. The molecule has 0 N–H and O–H groups in total. The molecule has 0 fully saturated rings. The highest BCUT2D eigenvalue weighted by Crippen LogP contribution is 2.27. The molecule has 2 aromatic carbocycles. The van der Waals surface area contributed by atoms with Crippen molar-refractivity contribution >= 4 is 21.4 Å². The van der Waals surface area contributed by atoms with Crippen molar-refractivity contribution in [1.29, 1.82) is 0 Å². The lowest BCUT2D eigenvalue weighted by Gasteiger charge is -2.09. The number of hydrogen-bond acceptors (Lipinski definition) is 4. The predicted octanol–water partition coefficient (Wildman–Crippen LogP) is 3.94. The van der Waals surface area contributed by atoms with Crippen LogP contribution < -0.4 is 0 Å². The minimum atomic E-state index is -3.68. The minimum Gasteiger partial charge on any atom is -0.218 e. The summed E-state index contributed by atoms with van der Waals surface area (Å²) in [6.45, 7) is 1.63. The van der Waals surface area contributed by atoms with Gasteiger partial charge in [-0.15, -0.1) is 0 Å². The van der Waals surface area contributed by atoms with Crippen LogP contribution in [0.4, 0.5) is 0 Å². The molecule has 1 heterocycles. The molecule has 0 radical (unpaired) electrons. The van der Waals surface area contributed by atoms with Crippen molar-refractivity contribution in [3.8, 4) is 11.3 Å². The van der Waals surface area contributed by atoms with Crippen LogP contribution >= 0.6 is 11.6 Å². The molecule has 0 bridgehead atoms. The Morgan fingerprint density at radius 2 is 1.57 bits per heavy atom. The third-order valence-electron chi connectivity index (χ3n) is 3.42. The fraction of sp³-hybridized carbons (Fsp3) is 0.0588. The Labute approximate surface area is 139 Å². The summed E-state index contributed by atoms with van der Waals surface area (Å²) in [5.41, 5.74) is 1.69. The topological polar surface area (TPSA) is 59.9 Å². The normalized spacial score (nSPS) is 11.4. The molecule has 0 aliphatic rings. The second kappa shape index (κ2) is 6.10. The van der Waals surface area contributed by atoms with Crippen molar-refractivity contribution in [2.45, 2.75) is 16.7 Å². The van der Waals surface area contributed by atoms with Crippen LogP contribution in [-0.2, 0) is 9.84 Å². The molecule has 23 heavy (non-hydrogen) atoms. The van der Waals surface area contributed by atoms with Crippen LogP contribution in [0.3, 0.4) is 0 Å². The maximum absolute atomic E-state index is 12.8. The van der Waals surface area contributed by atoms with Crippen molar-refractivity contribution in [2.24, 2.45) is 0 Å². The lowest BCUT2D eigenvalue weighted by molar-refractivity contribution is 0.594. The van der Waals surface area contributed by atoms with Gasteiger partial charge in [0.25, 0.3) is 0 Å². The van der Waals surface area contributed by atoms with E-state index >= 15 is 0 Å². The molecule has 3 aromatic rings. The molecule has 116 valence electrons. The maximum atomic E-state index is 12.8. The zero-order chi connectivity index (χ0) is 16.4. The Hall–Kier alpha value is -2.24. The van der Waals surface area contributed by atoms with E-state index in [9.17, 15) is 8.42 Å². The van der Waals surface area contributed by atoms with Crippen molar-refractivity contribution in [3.05, 3.63) is 71.4 Å². The van der Waals surface area contributed by atoms with E-state index in [2.05, 4.69) is 10.2 Å². The number of rotatable bonds is 3. The maximum Gasteiger partial charge on any atom is 0.208 e. The van der Waals surface area contributed by atoms with Gasteiger partial charge in [0.15, 0.2) is 0 Å². The number of aryl methyl sites for hydroxylation is 1. The van der Waals surface area contributed by atoms with Crippen LogP contribution in [0, 0.1) is 6.92 Å². The van der Waals surface area contributed by atoms with Gasteiger partial charge in [-0.2, -0.15) is 10.2 Å². The van der Waals surface area contributed by atoms with Gasteiger partial charge in [-0.25, -0.2) is 8.42 Å². The van der Waals surface area contributed by atoms with Crippen LogP contribution in [0.15, 0.2) is 70.5 Å². The van der Waals surface area contributed by atoms with E-state index in [-0.39, 0.29) is 9.79 Å². The molecule has 0 spiro atoms. The highest BCUT2D eigenvalue weighted by molar-refractivity contribution is 7.91. The van der Waals surface area contributed by atoms with E-state index < -0.39 is 9.84 Å². The second-order valence-electron chi connectivity index (χ2n) is 5.00. The number of hydrogen-bond donors (Lipinski definition) is 0. The summed E-state index contributed by atoms with van der Waals surface area (Å²) in [5.74, 6) is 0. The molecule has 0 aliphatic heterocycles. The SMILES string of the molecule is Cc1nnc(-c2ccccc2)cc1S(=O)(=O)c1ccc(Cl)cc1. The summed E-state index contributed by atoms with van der Waals surface area (Å²) in [7, 11) is -3.68. The molecule has 6 heteroatoms. The Morgan fingerprint density at radius 1 is 0.913 bits per heavy atom. The van der Waals surface area contributed by atoms with Gasteiger partial charge in [0, 0.05) is 10.6 Å². The summed E-state index contributed by atoms with van der Waals surface area (Å²) >= 11 is 5.83. The average Bonchev–Trinajstić information content (AvgIpc) is 2.56. The van der Waals surface area contributed by atoms with Gasteiger partial charge in [0.1, 0.15) is 0 Å². The van der Waals surface area contributed by atoms with E-state index in [1.807, 2.05) is 30.3 Å². The summed E-state index contributed by atoms with van der Waals surface area (Å²) in [6, 6.07) is 17.0. The van der Waals surface area contributed by atoms with E-state index in [1.54, 1.807) is 25.1 Å². The van der Waals surface area contributed by atoms with Gasteiger partial charge >= 0.3 is 0 Å². The molecular formula is C17H13ClN2O2S. The Bertz CT molecular complexity index is 940. The highest BCUT2D eigenvalue weighted by atomic mass is 35.5. The highest BCUT2D eigenvalue weighted by Gasteiger charge is 2.22. The van der Waals surface area contributed by atoms with Crippen LogP contribution in [0.2, 0.25) is 5.02 Å².